The maximum atomic E-state index is 6.05. The van der Waals surface area contributed by atoms with E-state index in [0.29, 0.717) is 0 Å². The number of rotatable bonds is 3. The maximum absolute atomic E-state index is 6.05. The summed E-state index contributed by atoms with van der Waals surface area (Å²) < 4.78 is 6.36. The minimum Gasteiger partial charge on any atom is -0.497 e. The minimum atomic E-state index is 0.771. The van der Waals surface area contributed by atoms with Crippen molar-refractivity contribution < 1.29 is 4.74 Å². The molecule has 4 heteroatoms. The van der Waals surface area contributed by atoms with Crippen molar-refractivity contribution in [3.8, 4) is 5.75 Å². The third-order valence-corrected chi connectivity index (χ3v) is 3.46. The van der Waals surface area contributed by atoms with Gasteiger partial charge >= 0.3 is 0 Å². The van der Waals surface area contributed by atoms with Gasteiger partial charge in [-0.1, -0.05) is 6.07 Å². The van der Waals surface area contributed by atoms with E-state index in [2.05, 4.69) is 22.6 Å². The Bertz CT molecular complexity index is 557. The summed E-state index contributed by atoms with van der Waals surface area (Å²) in [7, 11) is 3.66. The van der Waals surface area contributed by atoms with Crippen molar-refractivity contribution >= 4 is 39.7 Å². The van der Waals surface area contributed by atoms with Crippen molar-refractivity contribution in [1.29, 1.82) is 0 Å². The monoisotopic (exact) mass is 354 g/mol. The normalized spacial score (nSPS) is 10.2. The first-order valence-electron chi connectivity index (χ1n) is 5.54. The Morgan fingerprint density at radius 2 is 1.94 bits per heavy atom. The average molecular weight is 354 g/mol. The first-order chi connectivity index (χ1) is 8.61. The summed E-state index contributed by atoms with van der Waals surface area (Å²) in [5.41, 5.74) is 8.86. The zero-order valence-corrected chi connectivity index (χ0v) is 12.5. The van der Waals surface area contributed by atoms with Crippen molar-refractivity contribution in [2.24, 2.45) is 0 Å². The molecule has 2 N–H and O–H groups in total. The summed E-state index contributed by atoms with van der Waals surface area (Å²) in [6.07, 6.45) is 0. The van der Waals surface area contributed by atoms with E-state index < -0.39 is 0 Å². The van der Waals surface area contributed by atoms with Crippen molar-refractivity contribution in [3.63, 3.8) is 0 Å². The lowest BCUT2D eigenvalue weighted by Crippen LogP contribution is -2.11. The van der Waals surface area contributed by atoms with Gasteiger partial charge in [0, 0.05) is 22.4 Å². The number of benzene rings is 2. The summed E-state index contributed by atoms with van der Waals surface area (Å²) in [6, 6.07) is 13.9. The second kappa shape index (κ2) is 5.48. The molecule has 0 aliphatic heterocycles. The van der Waals surface area contributed by atoms with E-state index in [-0.39, 0.29) is 0 Å². The van der Waals surface area contributed by atoms with Gasteiger partial charge in [0.15, 0.2) is 0 Å². The van der Waals surface area contributed by atoms with E-state index in [0.717, 1.165) is 26.4 Å². The van der Waals surface area contributed by atoms with Crippen LogP contribution in [0.1, 0.15) is 0 Å². The molecule has 0 saturated carbocycles. The van der Waals surface area contributed by atoms with Gasteiger partial charge in [0.05, 0.1) is 18.5 Å². The molecule has 0 heterocycles. The third kappa shape index (κ3) is 2.69. The molecule has 18 heavy (non-hydrogen) atoms. The molecule has 0 unspecified atom stereocenters. The second-order valence-corrected chi connectivity index (χ2v) is 5.21. The van der Waals surface area contributed by atoms with Crippen LogP contribution in [0.5, 0.6) is 5.75 Å². The van der Waals surface area contributed by atoms with Gasteiger partial charge in [0.1, 0.15) is 5.75 Å². The van der Waals surface area contributed by atoms with Crippen molar-refractivity contribution in [2.45, 2.75) is 0 Å². The number of nitrogen functional groups attached to an aromatic ring is 1. The summed E-state index contributed by atoms with van der Waals surface area (Å²) in [6.45, 7) is 0. The maximum Gasteiger partial charge on any atom is 0.120 e. The number of anilines is 3. The van der Waals surface area contributed by atoms with Crippen LogP contribution in [0.4, 0.5) is 17.1 Å². The number of hydrogen-bond donors (Lipinski definition) is 1. The fraction of sp³-hybridized carbons (Fsp3) is 0.143. The van der Waals surface area contributed by atoms with E-state index in [1.54, 1.807) is 7.11 Å². The SMILES string of the molecule is COc1cccc(N(C)c2ccc(I)cc2N)c1. The van der Waals surface area contributed by atoms with Crippen LogP contribution in [-0.2, 0) is 0 Å². The topological polar surface area (TPSA) is 38.5 Å². The highest BCUT2D eigenvalue weighted by Crippen LogP contribution is 2.31. The first-order valence-corrected chi connectivity index (χ1v) is 6.62. The third-order valence-electron chi connectivity index (χ3n) is 2.79. The van der Waals surface area contributed by atoms with Crippen molar-refractivity contribution in [2.75, 3.05) is 24.8 Å². The molecule has 0 amide bonds. The molecule has 0 aliphatic carbocycles. The van der Waals surface area contributed by atoms with Crippen LogP contribution in [0.15, 0.2) is 42.5 Å². The average Bonchev–Trinajstić information content (AvgIpc) is 2.38. The van der Waals surface area contributed by atoms with Crippen LogP contribution in [0.3, 0.4) is 0 Å². The lowest BCUT2D eigenvalue weighted by molar-refractivity contribution is 0.415. The van der Waals surface area contributed by atoms with Gasteiger partial charge in [-0.15, -0.1) is 0 Å². The molecule has 2 rings (SSSR count). The molecule has 0 atom stereocenters. The summed E-state index contributed by atoms with van der Waals surface area (Å²) in [5, 5.41) is 0. The van der Waals surface area contributed by atoms with E-state index in [4.69, 9.17) is 10.5 Å². The molecule has 2 aromatic carbocycles. The van der Waals surface area contributed by atoms with Crippen molar-refractivity contribution in [1.82, 2.24) is 0 Å². The van der Waals surface area contributed by atoms with E-state index in [1.165, 1.54) is 0 Å². The molecule has 0 bridgehead atoms. The Balaban J connectivity index is 2.37. The predicted octanol–water partition coefficient (Wildman–Crippen LogP) is 3.65. The number of nitrogens with zero attached hydrogens (tertiary/aromatic N) is 1. The van der Waals surface area contributed by atoms with Crippen LogP contribution in [0.2, 0.25) is 0 Å². The van der Waals surface area contributed by atoms with Gasteiger partial charge in [-0.25, -0.2) is 0 Å². The number of ether oxygens (including phenoxy) is 1. The Morgan fingerprint density at radius 1 is 1.17 bits per heavy atom. The smallest absolute Gasteiger partial charge is 0.120 e. The van der Waals surface area contributed by atoms with Gasteiger partial charge in [-0.3, -0.25) is 0 Å². The molecule has 0 aromatic heterocycles. The fourth-order valence-corrected chi connectivity index (χ4v) is 2.30. The standard InChI is InChI=1S/C14H15IN2O/c1-17(11-4-3-5-12(9-11)18-2)14-7-6-10(15)8-13(14)16/h3-9H,16H2,1-2H3. The highest BCUT2D eigenvalue weighted by molar-refractivity contribution is 14.1. The van der Waals surface area contributed by atoms with Crippen molar-refractivity contribution in [3.05, 3.63) is 46.0 Å². The molecular formula is C14H15IN2O. The van der Waals surface area contributed by atoms with Gasteiger partial charge in [-0.05, 0) is 52.9 Å². The number of nitrogens with two attached hydrogens (primary N) is 1. The molecule has 0 fully saturated rings. The largest absolute Gasteiger partial charge is 0.497 e. The molecule has 0 saturated heterocycles. The summed E-state index contributed by atoms with van der Waals surface area (Å²) in [5.74, 6) is 0.837. The summed E-state index contributed by atoms with van der Waals surface area (Å²) in [4.78, 5) is 2.05. The minimum absolute atomic E-state index is 0.771. The molecule has 94 valence electrons. The van der Waals surface area contributed by atoms with E-state index in [1.807, 2.05) is 54.4 Å². The number of halogens is 1. The Morgan fingerprint density at radius 3 is 2.61 bits per heavy atom. The van der Waals surface area contributed by atoms with Gasteiger partial charge in [0.2, 0.25) is 0 Å². The quantitative estimate of drug-likeness (QED) is 0.676. The fourth-order valence-electron chi connectivity index (χ4n) is 1.79. The Kier molecular flexibility index (Phi) is 3.96. The van der Waals surface area contributed by atoms with Crippen LogP contribution in [0, 0.1) is 3.57 Å². The predicted molar refractivity (Wildman–Crippen MR) is 84.6 cm³/mol. The molecule has 3 nitrogen and oxygen atoms in total. The molecule has 2 aromatic rings. The highest BCUT2D eigenvalue weighted by atomic mass is 127. The Labute approximate surface area is 121 Å². The zero-order chi connectivity index (χ0) is 13.1. The first kappa shape index (κ1) is 13.0. The van der Waals surface area contributed by atoms with E-state index in [9.17, 15) is 0 Å². The van der Waals surface area contributed by atoms with E-state index >= 15 is 0 Å². The number of methoxy groups -OCH3 is 1. The lowest BCUT2D eigenvalue weighted by atomic mass is 10.2. The second-order valence-electron chi connectivity index (χ2n) is 3.96. The van der Waals surface area contributed by atoms with Gasteiger partial charge < -0.3 is 15.4 Å². The lowest BCUT2D eigenvalue weighted by Gasteiger charge is -2.21. The zero-order valence-electron chi connectivity index (χ0n) is 10.4. The summed E-state index contributed by atoms with van der Waals surface area (Å²) >= 11 is 2.25. The van der Waals surface area contributed by atoms with Crippen LogP contribution < -0.4 is 15.4 Å². The number of hydrogen-bond acceptors (Lipinski definition) is 3. The molecular weight excluding hydrogens is 339 g/mol. The van der Waals surface area contributed by atoms with Gasteiger partial charge in [0.25, 0.3) is 0 Å². The van der Waals surface area contributed by atoms with Gasteiger partial charge in [-0.2, -0.15) is 0 Å². The molecule has 0 spiro atoms. The highest BCUT2D eigenvalue weighted by Gasteiger charge is 2.08. The molecule has 0 radical (unpaired) electrons. The molecule has 0 aliphatic rings. The van der Waals surface area contributed by atoms with Crippen LogP contribution in [0.25, 0.3) is 0 Å². The Hall–Kier alpha value is -1.43. The van der Waals surface area contributed by atoms with Crippen LogP contribution >= 0.6 is 22.6 Å². The van der Waals surface area contributed by atoms with Crippen LogP contribution in [-0.4, -0.2) is 14.2 Å².